The normalized spacial score (nSPS) is 10.3. The molecule has 0 bridgehead atoms. The molecule has 0 atom stereocenters. The zero-order valence-corrected chi connectivity index (χ0v) is 8.34. The highest BCUT2D eigenvalue weighted by atomic mass is 16.4. The van der Waals surface area contributed by atoms with Crippen LogP contribution >= 0.6 is 0 Å². The Morgan fingerprint density at radius 3 is 2.88 bits per heavy atom. The summed E-state index contributed by atoms with van der Waals surface area (Å²) >= 11 is 0. The maximum Gasteiger partial charge on any atom is 0.373 e. The predicted octanol–water partition coefficient (Wildman–Crippen LogP) is -0.0378. The standard InChI is InChI=1S/C9H8N4O3/c1-5-2-3-10-6(4-5)13-9(16)11-7(12-13)8(14)15/h2-4H,1H3,(H,14,15)(H,11,12,16). The number of carboxylic acid groups (broad SMARTS) is 1. The third kappa shape index (κ3) is 1.70. The van der Waals surface area contributed by atoms with E-state index in [1.807, 2.05) is 6.92 Å². The minimum Gasteiger partial charge on any atom is -0.475 e. The molecule has 0 fully saturated rings. The minimum atomic E-state index is -1.29. The fourth-order valence-corrected chi connectivity index (χ4v) is 1.21. The molecule has 0 aliphatic heterocycles. The van der Waals surface area contributed by atoms with E-state index in [2.05, 4.69) is 15.1 Å². The highest BCUT2D eigenvalue weighted by molar-refractivity contribution is 5.82. The maximum absolute atomic E-state index is 11.4. The summed E-state index contributed by atoms with van der Waals surface area (Å²) in [5.41, 5.74) is 0.271. The summed E-state index contributed by atoms with van der Waals surface area (Å²) in [6.45, 7) is 1.83. The smallest absolute Gasteiger partial charge is 0.373 e. The van der Waals surface area contributed by atoms with E-state index < -0.39 is 17.5 Å². The first-order valence-corrected chi connectivity index (χ1v) is 4.43. The summed E-state index contributed by atoms with van der Waals surface area (Å²) < 4.78 is 0.913. The maximum atomic E-state index is 11.4. The molecule has 0 amide bonds. The molecule has 2 aromatic rings. The van der Waals surface area contributed by atoms with Gasteiger partial charge >= 0.3 is 11.7 Å². The van der Waals surface area contributed by atoms with Crippen LogP contribution < -0.4 is 5.69 Å². The van der Waals surface area contributed by atoms with Gasteiger partial charge in [-0.1, -0.05) is 0 Å². The van der Waals surface area contributed by atoms with Crippen molar-refractivity contribution in [1.29, 1.82) is 0 Å². The first kappa shape index (κ1) is 10.1. The van der Waals surface area contributed by atoms with Crippen molar-refractivity contribution in [3.05, 3.63) is 40.2 Å². The number of carbonyl (C=O) groups is 1. The Hall–Kier alpha value is -2.44. The average molecular weight is 220 g/mol. The Balaban J connectivity index is 2.56. The Labute approximate surface area is 89.4 Å². The van der Waals surface area contributed by atoms with Crippen LogP contribution in [0.15, 0.2) is 23.1 Å². The van der Waals surface area contributed by atoms with Gasteiger partial charge in [-0.2, -0.15) is 4.68 Å². The van der Waals surface area contributed by atoms with Crippen LogP contribution in [0.1, 0.15) is 16.2 Å². The van der Waals surface area contributed by atoms with Crippen LogP contribution in [0.3, 0.4) is 0 Å². The van der Waals surface area contributed by atoms with Crippen LogP contribution in [-0.4, -0.2) is 30.8 Å². The topological polar surface area (TPSA) is 101 Å². The van der Waals surface area contributed by atoms with Gasteiger partial charge in [-0.05, 0) is 24.6 Å². The molecule has 0 spiro atoms. The van der Waals surface area contributed by atoms with Gasteiger partial charge in [0.15, 0.2) is 5.82 Å². The number of rotatable bonds is 2. The first-order chi connectivity index (χ1) is 7.58. The summed E-state index contributed by atoms with van der Waals surface area (Å²) in [6, 6.07) is 3.40. The lowest BCUT2D eigenvalue weighted by Gasteiger charge is -1.98. The molecule has 0 aliphatic rings. The van der Waals surface area contributed by atoms with E-state index in [1.165, 1.54) is 6.20 Å². The van der Waals surface area contributed by atoms with E-state index in [9.17, 15) is 9.59 Å². The molecule has 2 N–H and O–H groups in total. The van der Waals surface area contributed by atoms with Crippen molar-refractivity contribution in [3.8, 4) is 5.82 Å². The van der Waals surface area contributed by atoms with Crippen LogP contribution in [0.2, 0.25) is 0 Å². The van der Waals surface area contributed by atoms with E-state index in [-0.39, 0.29) is 5.82 Å². The Bertz CT molecular complexity index is 599. The van der Waals surface area contributed by atoms with Crippen LogP contribution in [0, 0.1) is 6.92 Å². The molecule has 16 heavy (non-hydrogen) atoms. The lowest BCUT2D eigenvalue weighted by atomic mass is 10.3. The number of nitrogens with zero attached hydrogens (tertiary/aromatic N) is 3. The summed E-state index contributed by atoms with van der Waals surface area (Å²) in [5.74, 6) is -1.41. The van der Waals surface area contributed by atoms with Crippen molar-refractivity contribution in [2.75, 3.05) is 0 Å². The zero-order chi connectivity index (χ0) is 11.7. The van der Waals surface area contributed by atoms with Gasteiger partial charge in [-0.3, -0.25) is 4.98 Å². The van der Waals surface area contributed by atoms with Crippen molar-refractivity contribution >= 4 is 5.97 Å². The highest BCUT2D eigenvalue weighted by Crippen LogP contribution is 2.02. The molecule has 0 aliphatic carbocycles. The summed E-state index contributed by atoms with van der Waals surface area (Å²) in [5, 5.41) is 12.3. The third-order valence-corrected chi connectivity index (χ3v) is 1.94. The van der Waals surface area contributed by atoms with E-state index in [0.29, 0.717) is 0 Å². The van der Waals surface area contributed by atoms with E-state index in [0.717, 1.165) is 10.2 Å². The lowest BCUT2D eigenvalue weighted by molar-refractivity contribution is 0.0683. The molecule has 0 radical (unpaired) electrons. The van der Waals surface area contributed by atoms with Crippen molar-refractivity contribution in [2.24, 2.45) is 0 Å². The molecule has 0 aromatic carbocycles. The molecule has 2 rings (SSSR count). The van der Waals surface area contributed by atoms with Gasteiger partial charge in [0, 0.05) is 6.20 Å². The molecule has 2 heterocycles. The Morgan fingerprint density at radius 1 is 1.56 bits per heavy atom. The van der Waals surface area contributed by atoms with Crippen molar-refractivity contribution in [3.63, 3.8) is 0 Å². The Kier molecular flexibility index (Phi) is 2.28. The highest BCUT2D eigenvalue weighted by Gasteiger charge is 2.13. The van der Waals surface area contributed by atoms with E-state index in [1.54, 1.807) is 12.1 Å². The number of pyridine rings is 1. The fraction of sp³-hybridized carbons (Fsp3) is 0.111. The van der Waals surface area contributed by atoms with Crippen LogP contribution in [0.4, 0.5) is 0 Å². The molecule has 7 heteroatoms. The quantitative estimate of drug-likeness (QED) is 0.739. The molecule has 2 aromatic heterocycles. The van der Waals surface area contributed by atoms with Crippen LogP contribution in [-0.2, 0) is 0 Å². The number of aryl methyl sites for hydroxylation is 1. The number of hydrogen-bond donors (Lipinski definition) is 2. The molecular weight excluding hydrogens is 212 g/mol. The zero-order valence-electron chi connectivity index (χ0n) is 8.34. The van der Waals surface area contributed by atoms with Gasteiger partial charge in [0.05, 0.1) is 0 Å². The SMILES string of the molecule is Cc1ccnc(-n2nc(C(=O)O)[nH]c2=O)c1. The van der Waals surface area contributed by atoms with Gasteiger partial charge in [-0.15, -0.1) is 5.10 Å². The minimum absolute atomic E-state index is 0.286. The Morgan fingerprint density at radius 2 is 2.31 bits per heavy atom. The van der Waals surface area contributed by atoms with E-state index >= 15 is 0 Å². The van der Waals surface area contributed by atoms with Gasteiger partial charge in [0.25, 0.3) is 0 Å². The molecular formula is C9H8N4O3. The summed E-state index contributed by atoms with van der Waals surface area (Å²) in [7, 11) is 0. The van der Waals surface area contributed by atoms with Gasteiger partial charge in [-0.25, -0.2) is 14.6 Å². The number of hydrogen-bond acceptors (Lipinski definition) is 4. The number of aromatic amines is 1. The van der Waals surface area contributed by atoms with Crippen molar-refractivity contribution in [1.82, 2.24) is 19.7 Å². The monoisotopic (exact) mass is 220 g/mol. The molecule has 82 valence electrons. The van der Waals surface area contributed by atoms with Gasteiger partial charge < -0.3 is 5.11 Å². The van der Waals surface area contributed by atoms with Crippen molar-refractivity contribution in [2.45, 2.75) is 6.92 Å². The first-order valence-electron chi connectivity index (χ1n) is 4.43. The summed E-state index contributed by atoms with van der Waals surface area (Å²) in [4.78, 5) is 28.0. The van der Waals surface area contributed by atoms with Crippen LogP contribution in [0.25, 0.3) is 5.82 Å². The van der Waals surface area contributed by atoms with Gasteiger partial charge in [0.1, 0.15) is 0 Å². The fourth-order valence-electron chi connectivity index (χ4n) is 1.21. The van der Waals surface area contributed by atoms with Crippen LogP contribution in [0.5, 0.6) is 0 Å². The number of nitrogens with one attached hydrogen (secondary N) is 1. The van der Waals surface area contributed by atoms with Crippen molar-refractivity contribution < 1.29 is 9.90 Å². The second-order valence-electron chi connectivity index (χ2n) is 3.19. The number of aromatic nitrogens is 4. The molecule has 0 unspecified atom stereocenters. The summed E-state index contributed by atoms with van der Waals surface area (Å²) in [6.07, 6.45) is 1.52. The average Bonchev–Trinajstić information content (AvgIpc) is 2.60. The predicted molar refractivity (Wildman–Crippen MR) is 53.7 cm³/mol. The second kappa shape index (κ2) is 3.61. The molecule has 0 saturated carbocycles. The second-order valence-corrected chi connectivity index (χ2v) is 3.19. The molecule has 0 saturated heterocycles. The van der Waals surface area contributed by atoms with Gasteiger partial charge in [0.2, 0.25) is 5.82 Å². The molecule has 7 nitrogen and oxygen atoms in total. The third-order valence-electron chi connectivity index (χ3n) is 1.94. The van der Waals surface area contributed by atoms with E-state index in [4.69, 9.17) is 5.11 Å². The number of aromatic carboxylic acids is 1. The largest absolute Gasteiger partial charge is 0.475 e. The lowest BCUT2D eigenvalue weighted by Crippen LogP contribution is -2.17. The number of H-pyrrole nitrogens is 1. The number of carboxylic acids is 1.